The van der Waals surface area contributed by atoms with E-state index in [9.17, 15) is 0 Å². The first-order chi connectivity index (χ1) is 7.03. The molecule has 1 saturated heterocycles. The summed E-state index contributed by atoms with van der Waals surface area (Å²) in [6.45, 7) is 11.1. The molecule has 0 aromatic rings. The van der Waals surface area contributed by atoms with Crippen molar-refractivity contribution in [2.45, 2.75) is 58.3 Å². The maximum atomic E-state index is 5.68. The minimum atomic E-state index is 0.0325. The van der Waals surface area contributed by atoms with Crippen LogP contribution in [0.2, 0.25) is 0 Å². The third-order valence-electron chi connectivity index (χ3n) is 2.84. The molecule has 1 aliphatic heterocycles. The Labute approximate surface area is 93.5 Å². The van der Waals surface area contributed by atoms with Crippen LogP contribution in [-0.2, 0) is 9.47 Å². The topological polar surface area (TPSA) is 30.5 Å². The summed E-state index contributed by atoms with van der Waals surface area (Å²) in [5.41, 5.74) is 0.0325. The van der Waals surface area contributed by atoms with Crippen molar-refractivity contribution in [1.29, 1.82) is 0 Å². The minimum Gasteiger partial charge on any atom is -0.377 e. The molecule has 0 radical (unpaired) electrons. The zero-order valence-corrected chi connectivity index (χ0v) is 10.5. The highest BCUT2D eigenvalue weighted by atomic mass is 16.5. The van der Waals surface area contributed by atoms with Gasteiger partial charge in [0.2, 0.25) is 0 Å². The van der Waals surface area contributed by atoms with Crippen molar-refractivity contribution in [3.8, 4) is 0 Å². The van der Waals surface area contributed by atoms with Crippen molar-refractivity contribution in [3.05, 3.63) is 0 Å². The molecule has 0 aromatic heterocycles. The van der Waals surface area contributed by atoms with Crippen molar-refractivity contribution >= 4 is 0 Å². The summed E-state index contributed by atoms with van der Waals surface area (Å²) in [4.78, 5) is 0. The van der Waals surface area contributed by atoms with Crippen LogP contribution in [0, 0.1) is 0 Å². The average Bonchev–Trinajstić information content (AvgIpc) is 2.14. The Morgan fingerprint density at radius 3 is 2.87 bits per heavy atom. The fourth-order valence-electron chi connectivity index (χ4n) is 2.08. The Morgan fingerprint density at radius 2 is 2.27 bits per heavy atom. The van der Waals surface area contributed by atoms with Gasteiger partial charge in [-0.3, -0.25) is 0 Å². The zero-order chi connectivity index (χ0) is 11.3. The third-order valence-corrected chi connectivity index (χ3v) is 2.84. The first kappa shape index (κ1) is 12.9. The Hall–Kier alpha value is -0.120. The van der Waals surface area contributed by atoms with Crippen LogP contribution < -0.4 is 5.32 Å². The van der Waals surface area contributed by atoms with E-state index < -0.39 is 0 Å². The van der Waals surface area contributed by atoms with Crippen LogP contribution in [0.1, 0.15) is 40.5 Å². The molecule has 1 fully saturated rings. The van der Waals surface area contributed by atoms with Crippen molar-refractivity contribution in [1.82, 2.24) is 5.32 Å². The smallest absolute Gasteiger partial charge is 0.0671 e. The van der Waals surface area contributed by atoms with Gasteiger partial charge in [-0.25, -0.2) is 0 Å². The number of hydrogen-bond acceptors (Lipinski definition) is 3. The van der Waals surface area contributed by atoms with E-state index in [4.69, 9.17) is 9.47 Å². The molecule has 0 aromatic carbocycles. The molecular formula is C12H25NO2. The molecular weight excluding hydrogens is 190 g/mol. The summed E-state index contributed by atoms with van der Waals surface area (Å²) in [6.07, 6.45) is 2.51. The second kappa shape index (κ2) is 5.83. The number of nitrogens with one attached hydrogen (secondary N) is 1. The molecule has 15 heavy (non-hydrogen) atoms. The summed E-state index contributed by atoms with van der Waals surface area (Å²) in [7, 11) is 0. The normalized spacial score (nSPS) is 27.6. The van der Waals surface area contributed by atoms with Crippen LogP contribution >= 0.6 is 0 Å². The summed E-state index contributed by atoms with van der Waals surface area (Å²) in [6, 6.07) is 0.580. The van der Waals surface area contributed by atoms with Gasteiger partial charge >= 0.3 is 0 Å². The van der Waals surface area contributed by atoms with Crippen molar-refractivity contribution in [3.63, 3.8) is 0 Å². The van der Waals surface area contributed by atoms with Crippen molar-refractivity contribution in [2.75, 3.05) is 19.8 Å². The van der Waals surface area contributed by atoms with Crippen LogP contribution in [0.4, 0.5) is 0 Å². The zero-order valence-electron chi connectivity index (χ0n) is 10.5. The molecule has 1 N–H and O–H groups in total. The summed E-state index contributed by atoms with van der Waals surface area (Å²) in [5, 5.41) is 3.56. The largest absolute Gasteiger partial charge is 0.377 e. The first-order valence-electron chi connectivity index (χ1n) is 6.02. The van der Waals surface area contributed by atoms with Crippen LogP contribution in [0.5, 0.6) is 0 Å². The highest BCUT2D eigenvalue weighted by Gasteiger charge is 2.28. The lowest BCUT2D eigenvalue weighted by Crippen LogP contribution is -2.45. The molecule has 3 nitrogen and oxygen atoms in total. The van der Waals surface area contributed by atoms with E-state index in [0.29, 0.717) is 12.1 Å². The van der Waals surface area contributed by atoms with E-state index >= 15 is 0 Å². The maximum absolute atomic E-state index is 5.68. The van der Waals surface area contributed by atoms with Crippen molar-refractivity contribution < 1.29 is 9.47 Å². The number of hydrogen-bond donors (Lipinski definition) is 1. The maximum Gasteiger partial charge on any atom is 0.0671 e. The molecule has 0 amide bonds. The van der Waals surface area contributed by atoms with E-state index in [2.05, 4.69) is 26.1 Å². The Kier molecular flexibility index (Phi) is 5.03. The summed E-state index contributed by atoms with van der Waals surface area (Å²) < 4.78 is 11.2. The van der Waals surface area contributed by atoms with Gasteiger partial charge in [0, 0.05) is 25.8 Å². The predicted molar refractivity (Wildman–Crippen MR) is 62.1 cm³/mol. The fourth-order valence-corrected chi connectivity index (χ4v) is 2.08. The van der Waals surface area contributed by atoms with Gasteiger partial charge in [-0.1, -0.05) is 0 Å². The first-order valence-corrected chi connectivity index (χ1v) is 6.02. The lowest BCUT2D eigenvalue weighted by atomic mass is 9.94. The quantitative estimate of drug-likeness (QED) is 0.760. The lowest BCUT2D eigenvalue weighted by Gasteiger charge is -2.36. The Bertz CT molecular complexity index is 182. The van der Waals surface area contributed by atoms with E-state index in [1.807, 2.05) is 6.92 Å². The minimum absolute atomic E-state index is 0.0325. The predicted octanol–water partition coefficient (Wildman–Crippen LogP) is 1.96. The monoisotopic (exact) mass is 215 g/mol. The molecule has 0 spiro atoms. The van der Waals surface area contributed by atoms with Crippen LogP contribution in [-0.4, -0.2) is 37.5 Å². The molecule has 1 heterocycles. The number of ether oxygens (including phenoxy) is 2. The van der Waals surface area contributed by atoms with Crippen LogP contribution in [0.3, 0.4) is 0 Å². The molecule has 1 rings (SSSR count). The Morgan fingerprint density at radius 1 is 1.53 bits per heavy atom. The van der Waals surface area contributed by atoms with Gasteiger partial charge in [-0.15, -0.1) is 0 Å². The molecule has 0 aliphatic carbocycles. The van der Waals surface area contributed by atoms with Crippen LogP contribution in [0.15, 0.2) is 0 Å². The lowest BCUT2D eigenvalue weighted by molar-refractivity contribution is -0.0643. The van der Waals surface area contributed by atoms with Gasteiger partial charge in [0.05, 0.1) is 11.7 Å². The second-order valence-electron chi connectivity index (χ2n) is 4.97. The molecule has 3 heteroatoms. The second-order valence-corrected chi connectivity index (χ2v) is 4.97. The van der Waals surface area contributed by atoms with E-state index in [-0.39, 0.29) is 5.60 Å². The van der Waals surface area contributed by atoms with Gasteiger partial charge in [-0.2, -0.15) is 0 Å². The van der Waals surface area contributed by atoms with Gasteiger partial charge in [-0.05, 0) is 40.5 Å². The van der Waals surface area contributed by atoms with Gasteiger partial charge < -0.3 is 14.8 Å². The molecule has 2 unspecified atom stereocenters. The summed E-state index contributed by atoms with van der Waals surface area (Å²) >= 11 is 0. The standard InChI is InChI=1S/C12H25NO2/c1-5-14-10(2)9-13-11-6-7-15-12(3,4)8-11/h10-11,13H,5-9H2,1-4H3. The van der Waals surface area contributed by atoms with E-state index in [0.717, 1.165) is 32.6 Å². The molecule has 2 atom stereocenters. The highest BCUT2D eigenvalue weighted by molar-refractivity contribution is 4.83. The van der Waals surface area contributed by atoms with Gasteiger partial charge in [0.15, 0.2) is 0 Å². The summed E-state index contributed by atoms with van der Waals surface area (Å²) in [5.74, 6) is 0. The molecule has 90 valence electrons. The average molecular weight is 215 g/mol. The van der Waals surface area contributed by atoms with E-state index in [1.54, 1.807) is 0 Å². The molecule has 0 saturated carbocycles. The fraction of sp³-hybridized carbons (Fsp3) is 1.00. The molecule has 0 bridgehead atoms. The van der Waals surface area contributed by atoms with Crippen LogP contribution in [0.25, 0.3) is 0 Å². The Balaban J connectivity index is 2.21. The third kappa shape index (κ3) is 4.96. The van der Waals surface area contributed by atoms with Crippen molar-refractivity contribution in [2.24, 2.45) is 0 Å². The highest BCUT2D eigenvalue weighted by Crippen LogP contribution is 2.23. The number of rotatable bonds is 5. The van der Waals surface area contributed by atoms with E-state index in [1.165, 1.54) is 0 Å². The van der Waals surface area contributed by atoms with Gasteiger partial charge in [0.1, 0.15) is 0 Å². The molecule has 1 aliphatic rings. The SMILES string of the molecule is CCOC(C)CNC1CCOC(C)(C)C1. The van der Waals surface area contributed by atoms with Gasteiger partial charge in [0.25, 0.3) is 0 Å².